The molecule has 0 aliphatic carbocycles. The third-order valence-corrected chi connectivity index (χ3v) is 1.32. The second kappa shape index (κ2) is 13.0. The molecule has 0 heterocycles. The van der Waals surface area contributed by atoms with Gasteiger partial charge in [-0.1, -0.05) is 12.1 Å². The van der Waals surface area contributed by atoms with Crippen LogP contribution in [0.25, 0.3) is 0 Å². The van der Waals surface area contributed by atoms with Crippen molar-refractivity contribution in [3.05, 3.63) is 29.8 Å². The van der Waals surface area contributed by atoms with E-state index in [4.69, 9.17) is 45.1 Å². The van der Waals surface area contributed by atoms with Crippen molar-refractivity contribution in [1.82, 2.24) is 0 Å². The fourth-order valence-corrected chi connectivity index (χ4v) is 0.654. The van der Waals surface area contributed by atoms with Crippen molar-refractivity contribution >= 4 is 25.2 Å². The van der Waals surface area contributed by atoms with Gasteiger partial charge in [0.1, 0.15) is 11.3 Å². The number of carbonyl (C=O) groups is 3. The number of rotatable bonds is 1. The van der Waals surface area contributed by atoms with Crippen LogP contribution in [-0.2, 0) is 9.59 Å². The second-order valence-corrected chi connectivity index (χ2v) is 2.78. The molecule has 0 amide bonds. The molecule has 0 atom stereocenters. The number of carboxylic acid groups (broad SMARTS) is 3. The number of benzene rings is 1. The summed E-state index contributed by atoms with van der Waals surface area (Å²) in [5.41, 5.74) is -0.0671. The van der Waals surface area contributed by atoms with E-state index in [0.29, 0.717) is 0 Å². The van der Waals surface area contributed by atoms with Gasteiger partial charge in [0.25, 0.3) is 0 Å². The zero-order valence-corrected chi connectivity index (χ0v) is 10.7. The summed E-state index contributed by atoms with van der Waals surface area (Å²) >= 11 is 0. The molecule has 1 aromatic rings. The van der Waals surface area contributed by atoms with Crippen LogP contribution in [0.3, 0.4) is 0 Å². The van der Waals surface area contributed by atoms with Crippen LogP contribution in [0.2, 0.25) is 0 Å². The Balaban J connectivity index is -0.000000118. The van der Waals surface area contributed by atoms with Crippen molar-refractivity contribution in [2.75, 3.05) is 0 Å². The van der Waals surface area contributed by atoms with E-state index in [1.165, 1.54) is 12.1 Å². The normalized spacial score (nSPS) is 7.76. The van der Waals surface area contributed by atoms with Crippen LogP contribution in [0, 0.1) is 0 Å². The summed E-state index contributed by atoms with van der Waals surface area (Å²) in [6, 6.07) is 5.81. The maximum Gasteiger partial charge on any atom is 1.00 e. The second-order valence-electron chi connectivity index (χ2n) is 2.78. The molecule has 1 aromatic carbocycles. The summed E-state index contributed by atoms with van der Waals surface area (Å²) in [5, 5.41) is 53.6. The van der Waals surface area contributed by atoms with Crippen molar-refractivity contribution < 1.29 is 70.2 Å². The molecule has 21 heavy (non-hydrogen) atoms. The molecule has 0 unspecified atom stereocenters. The molecule has 12 heteroatoms. The predicted octanol–water partition coefficient (Wildman–Crippen LogP) is -4.69. The number of aromatic hydroxyl groups is 1. The Kier molecular flexibility index (Phi) is 14.8. The van der Waals surface area contributed by atoms with Gasteiger partial charge in [-0.05, 0) is 12.1 Å². The van der Waals surface area contributed by atoms with Crippen LogP contribution in [0.15, 0.2) is 24.3 Å². The van der Waals surface area contributed by atoms with Crippen LogP contribution in [0.4, 0.5) is 0 Å². The molecule has 10 nitrogen and oxygen atoms in total. The first-order valence-electron chi connectivity index (χ1n) is 4.61. The van der Waals surface area contributed by atoms with Crippen LogP contribution in [0.5, 0.6) is 5.75 Å². The van der Waals surface area contributed by atoms with E-state index in [0.717, 1.165) is 0 Å². The number of aromatic carboxylic acids is 1. The maximum atomic E-state index is 10.3. The largest absolute Gasteiger partial charge is 1.00 e. The smallest absolute Gasteiger partial charge is 1.00 e. The Morgan fingerprint density at radius 2 is 1.24 bits per heavy atom. The van der Waals surface area contributed by atoms with Gasteiger partial charge in [-0.3, -0.25) is 0 Å². The fraction of sp³-hybridized carbons (Fsp3) is 0. The molecule has 0 aromatic heterocycles. The third-order valence-electron chi connectivity index (χ3n) is 1.32. The maximum absolute atomic E-state index is 10.3. The molecular weight excluding hydrogens is 286 g/mol. The van der Waals surface area contributed by atoms with Gasteiger partial charge in [0.05, 0.1) is 0 Å². The summed E-state index contributed by atoms with van der Waals surface area (Å²) < 4.78 is 0. The minimum absolute atomic E-state index is 0. The van der Waals surface area contributed by atoms with Crippen LogP contribution < -0.4 is 18.9 Å². The Morgan fingerprint density at radius 3 is 1.43 bits per heavy atom. The van der Waals surface area contributed by atoms with E-state index in [-0.39, 0.29) is 31.6 Å². The molecule has 0 saturated heterocycles. The van der Waals surface area contributed by atoms with Gasteiger partial charge in [0.2, 0.25) is 0 Å². The van der Waals surface area contributed by atoms with Crippen molar-refractivity contribution in [1.29, 1.82) is 0 Å². The van der Waals surface area contributed by atoms with Crippen LogP contribution in [0.1, 0.15) is 11.8 Å². The monoisotopic (exact) mass is 298 g/mol. The zero-order chi connectivity index (χ0) is 16.3. The molecule has 1 rings (SSSR count). The van der Waals surface area contributed by atoms with Gasteiger partial charge in [-0.25, -0.2) is 14.4 Å². The fourth-order valence-electron chi connectivity index (χ4n) is 0.654. The topological polar surface area (TPSA) is 193 Å². The molecule has 0 saturated carbocycles. The first-order chi connectivity index (χ1) is 9.09. The SMILES string of the molecule is O=C(O)C(=O)O.O=C(O)c1ccccc1O.OB(O)O.[H-].[Li+]. The molecule has 0 spiro atoms. The molecule has 112 valence electrons. The third kappa shape index (κ3) is 15.9. The van der Waals surface area contributed by atoms with Gasteiger partial charge in [-0.2, -0.15) is 0 Å². The van der Waals surface area contributed by atoms with E-state index in [9.17, 15) is 4.79 Å². The molecule has 7 N–H and O–H groups in total. The first kappa shape index (κ1) is 24.0. The molecular formula is C9H12BLiO10. The average molecular weight is 298 g/mol. The van der Waals surface area contributed by atoms with E-state index in [1.807, 2.05) is 0 Å². The van der Waals surface area contributed by atoms with E-state index in [1.54, 1.807) is 12.1 Å². The predicted molar refractivity (Wildman–Crippen MR) is 63.9 cm³/mol. The number of phenols is 1. The van der Waals surface area contributed by atoms with E-state index < -0.39 is 25.2 Å². The van der Waals surface area contributed by atoms with E-state index >= 15 is 0 Å². The standard InChI is InChI=1S/C7H6O3.C2H2O4.BH3O3.Li.H/c8-6-4-2-1-3-5(6)7(9)10;3-1(4)2(5)6;2-1(3)4;;/h1-4,8H,(H,9,10);(H,3,4)(H,5,6);2-4H;;/q;;;+1;-1. The first-order valence-corrected chi connectivity index (χ1v) is 4.61. The average Bonchev–Trinajstić information content (AvgIpc) is 2.29. The Morgan fingerprint density at radius 1 is 0.905 bits per heavy atom. The Labute approximate surface area is 131 Å². The molecule has 0 radical (unpaired) electrons. The summed E-state index contributed by atoms with van der Waals surface area (Å²) in [6.45, 7) is 0. The van der Waals surface area contributed by atoms with Crippen molar-refractivity contribution in [2.45, 2.75) is 0 Å². The van der Waals surface area contributed by atoms with Gasteiger partial charge in [-0.15, -0.1) is 0 Å². The Hall–Kier alpha value is -2.03. The molecule has 0 aliphatic rings. The molecule has 0 fully saturated rings. The summed E-state index contributed by atoms with van der Waals surface area (Å²) in [4.78, 5) is 28.5. The van der Waals surface area contributed by atoms with Gasteiger partial charge < -0.3 is 36.9 Å². The number of hydrogen-bond acceptors (Lipinski definition) is 7. The summed E-state index contributed by atoms with van der Waals surface area (Å²) in [5.74, 6) is -4.96. The van der Waals surface area contributed by atoms with E-state index in [2.05, 4.69) is 0 Å². The minimum atomic E-state index is -2.17. The van der Waals surface area contributed by atoms with Crippen molar-refractivity contribution in [2.24, 2.45) is 0 Å². The van der Waals surface area contributed by atoms with Gasteiger partial charge >= 0.3 is 44.1 Å². The summed E-state index contributed by atoms with van der Waals surface area (Å²) in [7, 11) is -2.17. The quantitative estimate of drug-likeness (QED) is 0.195. The van der Waals surface area contributed by atoms with Gasteiger partial charge in [0.15, 0.2) is 0 Å². The molecule has 0 bridgehead atoms. The number of para-hydroxylation sites is 1. The molecule has 0 aliphatic heterocycles. The summed E-state index contributed by atoms with van der Waals surface area (Å²) in [6.07, 6.45) is 0. The van der Waals surface area contributed by atoms with Crippen molar-refractivity contribution in [3.8, 4) is 5.75 Å². The van der Waals surface area contributed by atoms with Crippen LogP contribution >= 0.6 is 0 Å². The minimum Gasteiger partial charge on any atom is -1.00 e. The van der Waals surface area contributed by atoms with Crippen molar-refractivity contribution in [3.63, 3.8) is 0 Å². The number of carboxylic acids is 3. The number of hydrogen-bond donors (Lipinski definition) is 7. The number of aliphatic carboxylic acids is 2. The Bertz CT molecular complexity index is 455. The van der Waals surface area contributed by atoms with Crippen LogP contribution in [-0.4, -0.2) is 60.7 Å². The zero-order valence-electron chi connectivity index (χ0n) is 11.7. The van der Waals surface area contributed by atoms with Gasteiger partial charge in [0, 0.05) is 0 Å².